The summed E-state index contributed by atoms with van der Waals surface area (Å²) in [6.07, 6.45) is 2.58. The van der Waals surface area contributed by atoms with E-state index in [9.17, 15) is 5.11 Å². The summed E-state index contributed by atoms with van der Waals surface area (Å²) >= 11 is 0. The lowest BCUT2D eigenvalue weighted by Gasteiger charge is -2.16. The lowest BCUT2D eigenvalue weighted by atomic mass is 10.1. The quantitative estimate of drug-likeness (QED) is 0.582. The number of hydrogen-bond donors (Lipinski definition) is 2. The summed E-state index contributed by atoms with van der Waals surface area (Å²) in [4.78, 5) is 0. The van der Waals surface area contributed by atoms with Gasteiger partial charge in [-0.3, -0.25) is 0 Å². The standard InChI is InChI=1S/C7H15NO/c1-7(2,9)5-8-6-3-4-6/h6,8-9H,3-5H2,1-2H3. The Balaban J connectivity index is 2.03. The summed E-state index contributed by atoms with van der Waals surface area (Å²) in [5, 5.41) is 12.5. The Morgan fingerprint density at radius 1 is 1.56 bits per heavy atom. The van der Waals surface area contributed by atoms with Crippen molar-refractivity contribution in [3.05, 3.63) is 0 Å². The SMILES string of the molecule is CC(C)(O)CNC1CC1. The monoisotopic (exact) mass is 129 g/mol. The highest BCUT2D eigenvalue weighted by atomic mass is 16.3. The first-order chi connectivity index (χ1) is 4.08. The van der Waals surface area contributed by atoms with Gasteiger partial charge in [0.2, 0.25) is 0 Å². The highest BCUT2D eigenvalue weighted by Gasteiger charge is 2.23. The minimum atomic E-state index is -0.539. The van der Waals surface area contributed by atoms with E-state index in [1.165, 1.54) is 12.8 Å². The highest BCUT2D eigenvalue weighted by molar-refractivity contribution is 4.83. The van der Waals surface area contributed by atoms with E-state index in [0.29, 0.717) is 6.04 Å². The molecule has 0 amide bonds. The number of aliphatic hydroxyl groups is 1. The first-order valence-corrected chi connectivity index (χ1v) is 3.54. The molecule has 9 heavy (non-hydrogen) atoms. The van der Waals surface area contributed by atoms with Gasteiger partial charge in [-0.15, -0.1) is 0 Å². The largest absolute Gasteiger partial charge is 0.389 e. The van der Waals surface area contributed by atoms with Crippen LogP contribution in [0.4, 0.5) is 0 Å². The second-order valence-electron chi connectivity index (χ2n) is 3.47. The van der Waals surface area contributed by atoms with Gasteiger partial charge in [0.15, 0.2) is 0 Å². The van der Waals surface area contributed by atoms with Gasteiger partial charge in [-0.2, -0.15) is 0 Å². The average molecular weight is 129 g/mol. The van der Waals surface area contributed by atoms with E-state index >= 15 is 0 Å². The molecule has 0 spiro atoms. The summed E-state index contributed by atoms with van der Waals surface area (Å²) in [6, 6.07) is 0.705. The zero-order valence-corrected chi connectivity index (χ0v) is 6.15. The molecule has 0 heterocycles. The molecule has 2 heteroatoms. The number of nitrogens with one attached hydrogen (secondary N) is 1. The van der Waals surface area contributed by atoms with Crippen LogP contribution < -0.4 is 5.32 Å². The highest BCUT2D eigenvalue weighted by Crippen LogP contribution is 2.19. The summed E-state index contributed by atoms with van der Waals surface area (Å²) in [7, 11) is 0. The van der Waals surface area contributed by atoms with Gasteiger partial charge in [-0.1, -0.05) is 0 Å². The van der Waals surface area contributed by atoms with Crippen molar-refractivity contribution in [1.82, 2.24) is 5.32 Å². The van der Waals surface area contributed by atoms with Crippen LogP contribution in [0.2, 0.25) is 0 Å². The van der Waals surface area contributed by atoms with Crippen LogP contribution in [0.3, 0.4) is 0 Å². The third-order valence-corrected chi connectivity index (χ3v) is 1.40. The van der Waals surface area contributed by atoms with Gasteiger partial charge >= 0.3 is 0 Å². The average Bonchev–Trinajstić information content (AvgIpc) is 2.38. The van der Waals surface area contributed by atoms with Crippen LogP contribution in [0, 0.1) is 0 Å². The van der Waals surface area contributed by atoms with Gasteiger partial charge in [0.05, 0.1) is 5.60 Å². The molecule has 1 aliphatic carbocycles. The Labute approximate surface area is 56.3 Å². The van der Waals surface area contributed by atoms with E-state index in [1.807, 2.05) is 13.8 Å². The second kappa shape index (κ2) is 2.27. The van der Waals surface area contributed by atoms with Crippen molar-refractivity contribution in [3.63, 3.8) is 0 Å². The minimum absolute atomic E-state index is 0.539. The molecule has 0 atom stereocenters. The van der Waals surface area contributed by atoms with E-state index in [-0.39, 0.29) is 0 Å². The Hall–Kier alpha value is -0.0800. The topological polar surface area (TPSA) is 32.3 Å². The summed E-state index contributed by atoms with van der Waals surface area (Å²) in [5.74, 6) is 0. The fraction of sp³-hybridized carbons (Fsp3) is 1.00. The summed E-state index contributed by atoms with van der Waals surface area (Å²) in [5.41, 5.74) is -0.539. The maximum atomic E-state index is 9.23. The Kier molecular flexibility index (Phi) is 1.78. The Morgan fingerprint density at radius 2 is 2.11 bits per heavy atom. The van der Waals surface area contributed by atoms with E-state index in [2.05, 4.69) is 5.32 Å². The molecular weight excluding hydrogens is 114 g/mol. The van der Waals surface area contributed by atoms with E-state index in [0.717, 1.165) is 6.54 Å². The Bertz CT molecular complexity index is 91.6. The van der Waals surface area contributed by atoms with Crippen molar-refractivity contribution in [3.8, 4) is 0 Å². The molecular formula is C7H15NO. The molecule has 1 aliphatic rings. The van der Waals surface area contributed by atoms with Crippen LogP contribution in [0.25, 0.3) is 0 Å². The maximum absolute atomic E-state index is 9.23. The van der Waals surface area contributed by atoms with Crippen molar-refractivity contribution in [2.24, 2.45) is 0 Å². The van der Waals surface area contributed by atoms with Gasteiger partial charge in [-0.25, -0.2) is 0 Å². The van der Waals surface area contributed by atoms with E-state index < -0.39 is 5.60 Å². The third-order valence-electron chi connectivity index (χ3n) is 1.40. The predicted octanol–water partition coefficient (Wildman–Crippen LogP) is 0.509. The number of rotatable bonds is 3. The molecule has 0 unspecified atom stereocenters. The molecule has 0 aromatic rings. The van der Waals surface area contributed by atoms with Crippen LogP contribution in [0.1, 0.15) is 26.7 Å². The third kappa shape index (κ3) is 3.49. The summed E-state index contributed by atoms with van der Waals surface area (Å²) < 4.78 is 0. The lowest BCUT2D eigenvalue weighted by Crippen LogP contribution is -2.35. The second-order valence-corrected chi connectivity index (χ2v) is 3.47. The molecule has 1 saturated carbocycles. The predicted molar refractivity (Wildman–Crippen MR) is 37.3 cm³/mol. The maximum Gasteiger partial charge on any atom is 0.0715 e. The zero-order valence-electron chi connectivity index (χ0n) is 6.15. The molecule has 2 nitrogen and oxygen atoms in total. The van der Waals surface area contributed by atoms with Gasteiger partial charge in [0, 0.05) is 12.6 Å². The minimum Gasteiger partial charge on any atom is -0.389 e. The smallest absolute Gasteiger partial charge is 0.0715 e. The molecule has 0 aliphatic heterocycles. The first kappa shape index (κ1) is 7.03. The Morgan fingerprint density at radius 3 is 2.44 bits per heavy atom. The van der Waals surface area contributed by atoms with Crippen LogP contribution >= 0.6 is 0 Å². The van der Waals surface area contributed by atoms with Crippen LogP contribution in [-0.4, -0.2) is 23.3 Å². The normalized spacial score (nSPS) is 20.3. The van der Waals surface area contributed by atoms with E-state index in [1.54, 1.807) is 0 Å². The van der Waals surface area contributed by atoms with Crippen molar-refractivity contribution in [2.75, 3.05) is 6.54 Å². The molecule has 0 saturated heterocycles. The molecule has 1 rings (SSSR count). The van der Waals surface area contributed by atoms with Gasteiger partial charge in [0.25, 0.3) is 0 Å². The van der Waals surface area contributed by atoms with Crippen LogP contribution in [0.15, 0.2) is 0 Å². The van der Waals surface area contributed by atoms with Crippen molar-refractivity contribution < 1.29 is 5.11 Å². The van der Waals surface area contributed by atoms with Gasteiger partial charge in [-0.05, 0) is 26.7 Å². The number of hydrogen-bond acceptors (Lipinski definition) is 2. The molecule has 0 bridgehead atoms. The van der Waals surface area contributed by atoms with Crippen molar-refractivity contribution in [1.29, 1.82) is 0 Å². The van der Waals surface area contributed by atoms with Crippen molar-refractivity contribution in [2.45, 2.75) is 38.3 Å². The molecule has 1 fully saturated rings. The molecule has 54 valence electrons. The van der Waals surface area contributed by atoms with E-state index in [4.69, 9.17) is 0 Å². The van der Waals surface area contributed by atoms with Gasteiger partial charge in [0.1, 0.15) is 0 Å². The van der Waals surface area contributed by atoms with Crippen LogP contribution in [-0.2, 0) is 0 Å². The van der Waals surface area contributed by atoms with Gasteiger partial charge < -0.3 is 10.4 Å². The fourth-order valence-corrected chi connectivity index (χ4v) is 0.682. The van der Waals surface area contributed by atoms with Crippen molar-refractivity contribution >= 4 is 0 Å². The summed E-state index contributed by atoms with van der Waals surface area (Å²) in [6.45, 7) is 4.36. The molecule has 2 N–H and O–H groups in total. The lowest BCUT2D eigenvalue weighted by molar-refractivity contribution is 0.0794. The molecule has 0 aromatic carbocycles. The fourth-order valence-electron chi connectivity index (χ4n) is 0.682. The molecule has 0 aromatic heterocycles. The first-order valence-electron chi connectivity index (χ1n) is 3.54. The zero-order chi connectivity index (χ0) is 6.91. The van der Waals surface area contributed by atoms with Crippen LogP contribution in [0.5, 0.6) is 0 Å². The molecule has 0 radical (unpaired) electrons.